The summed E-state index contributed by atoms with van der Waals surface area (Å²) in [7, 11) is 1.81. The largest absolute Gasteiger partial charge is 0.354 e. The van der Waals surface area contributed by atoms with Gasteiger partial charge in [0, 0.05) is 44.8 Å². The fourth-order valence-electron chi connectivity index (χ4n) is 1.84. The fourth-order valence-corrected chi connectivity index (χ4v) is 1.84. The Bertz CT molecular complexity index is 541. The van der Waals surface area contributed by atoms with Crippen molar-refractivity contribution in [3.05, 3.63) is 47.2 Å². The molecule has 100 valence electrons. The van der Waals surface area contributed by atoms with Gasteiger partial charge in [0.25, 0.3) is 0 Å². The first-order valence-electron chi connectivity index (χ1n) is 5.95. The van der Waals surface area contributed by atoms with Crippen LogP contribution in [0.25, 0.3) is 0 Å². The van der Waals surface area contributed by atoms with E-state index in [0.717, 1.165) is 13.0 Å². The zero-order valence-corrected chi connectivity index (χ0v) is 10.6. The summed E-state index contributed by atoms with van der Waals surface area (Å²) in [5.41, 5.74) is 0.0348. The van der Waals surface area contributed by atoms with Crippen LogP contribution >= 0.6 is 0 Å². The number of anilines is 1. The number of aryl methyl sites for hydroxylation is 1. The molecule has 0 aliphatic rings. The maximum Gasteiger partial charge on any atom is 0.311 e. The maximum atomic E-state index is 10.9. The topological polar surface area (TPSA) is 77.1 Å². The number of aromatic nitrogens is 3. The number of hydrogen-bond acceptors (Lipinski definition) is 5. The lowest BCUT2D eigenvalue weighted by molar-refractivity contribution is -0.384. The molecule has 2 heterocycles. The summed E-state index contributed by atoms with van der Waals surface area (Å²) in [6.45, 7) is 1.51. The van der Waals surface area contributed by atoms with Gasteiger partial charge in [0.1, 0.15) is 0 Å². The van der Waals surface area contributed by atoms with Crippen molar-refractivity contribution in [3.63, 3.8) is 0 Å². The van der Waals surface area contributed by atoms with Crippen LogP contribution in [-0.2, 0) is 6.54 Å². The van der Waals surface area contributed by atoms with Crippen LogP contribution in [0.4, 0.5) is 11.5 Å². The smallest absolute Gasteiger partial charge is 0.311 e. The third-order valence-electron chi connectivity index (χ3n) is 2.79. The number of pyridine rings is 1. The van der Waals surface area contributed by atoms with Crippen molar-refractivity contribution in [1.82, 2.24) is 14.5 Å². The van der Waals surface area contributed by atoms with Crippen molar-refractivity contribution >= 4 is 11.5 Å². The highest BCUT2D eigenvalue weighted by Gasteiger charge is 2.17. The Hall–Kier alpha value is -2.44. The molecule has 0 bridgehead atoms. The first-order valence-corrected chi connectivity index (χ1v) is 5.95. The first-order chi connectivity index (χ1) is 9.18. The molecule has 0 radical (unpaired) electrons. The van der Waals surface area contributed by atoms with Crippen LogP contribution in [-0.4, -0.2) is 33.1 Å². The van der Waals surface area contributed by atoms with E-state index in [4.69, 9.17) is 0 Å². The average Bonchev–Trinajstić information content (AvgIpc) is 2.91. The van der Waals surface area contributed by atoms with E-state index in [1.807, 2.05) is 17.8 Å². The highest BCUT2D eigenvalue weighted by atomic mass is 16.6. The molecule has 0 fully saturated rings. The lowest BCUT2D eigenvalue weighted by atomic mass is 10.3. The quantitative estimate of drug-likeness (QED) is 0.584. The van der Waals surface area contributed by atoms with E-state index in [9.17, 15) is 10.1 Å². The molecule has 0 aliphatic heterocycles. The third-order valence-corrected chi connectivity index (χ3v) is 2.79. The second-order valence-corrected chi connectivity index (χ2v) is 4.18. The van der Waals surface area contributed by atoms with Crippen LogP contribution < -0.4 is 4.90 Å². The van der Waals surface area contributed by atoms with Gasteiger partial charge in [0.05, 0.1) is 11.3 Å². The molecule has 0 atom stereocenters. The molecule has 7 heteroatoms. The van der Waals surface area contributed by atoms with Crippen LogP contribution in [0, 0.1) is 10.1 Å². The van der Waals surface area contributed by atoms with Gasteiger partial charge < -0.3 is 9.47 Å². The van der Waals surface area contributed by atoms with Gasteiger partial charge in [0.2, 0.25) is 5.82 Å². The standard InChI is InChI=1S/C12H15N5O2/c1-15(7-3-8-16-9-6-13-10-16)12-11(17(18)19)4-2-5-14-12/h2,4-6,9-10H,3,7-8H2,1H3. The fraction of sp³-hybridized carbons (Fsp3) is 0.333. The molecule has 19 heavy (non-hydrogen) atoms. The van der Waals surface area contributed by atoms with Crippen molar-refractivity contribution in [2.45, 2.75) is 13.0 Å². The Balaban J connectivity index is 1.96. The molecule has 0 saturated carbocycles. The highest BCUT2D eigenvalue weighted by molar-refractivity contribution is 5.56. The van der Waals surface area contributed by atoms with E-state index in [1.54, 1.807) is 29.7 Å². The molecule has 2 rings (SSSR count). The van der Waals surface area contributed by atoms with Gasteiger partial charge in [-0.3, -0.25) is 10.1 Å². The molecule has 0 spiro atoms. The molecular formula is C12H15N5O2. The normalized spacial score (nSPS) is 10.4. The van der Waals surface area contributed by atoms with Gasteiger partial charge in [-0.15, -0.1) is 0 Å². The number of nitrogens with zero attached hydrogens (tertiary/aromatic N) is 5. The molecule has 0 aromatic carbocycles. The lowest BCUT2D eigenvalue weighted by Gasteiger charge is -2.17. The van der Waals surface area contributed by atoms with Gasteiger partial charge in [-0.1, -0.05) is 0 Å². The zero-order chi connectivity index (χ0) is 13.7. The Labute approximate surface area is 110 Å². The van der Waals surface area contributed by atoms with Gasteiger partial charge in [-0.2, -0.15) is 0 Å². The lowest BCUT2D eigenvalue weighted by Crippen LogP contribution is -2.21. The van der Waals surface area contributed by atoms with Gasteiger partial charge >= 0.3 is 5.69 Å². The minimum atomic E-state index is -0.408. The Kier molecular flexibility index (Phi) is 4.07. The molecule has 0 unspecified atom stereocenters. The van der Waals surface area contributed by atoms with E-state index in [-0.39, 0.29) is 5.69 Å². The Morgan fingerprint density at radius 3 is 3.00 bits per heavy atom. The van der Waals surface area contributed by atoms with Crippen LogP contribution in [0.15, 0.2) is 37.1 Å². The Morgan fingerprint density at radius 2 is 2.32 bits per heavy atom. The number of nitro groups is 1. The summed E-state index contributed by atoms with van der Waals surface area (Å²) in [5, 5.41) is 10.9. The van der Waals surface area contributed by atoms with E-state index in [2.05, 4.69) is 9.97 Å². The van der Waals surface area contributed by atoms with Crippen molar-refractivity contribution in [1.29, 1.82) is 0 Å². The maximum absolute atomic E-state index is 10.9. The number of rotatable bonds is 6. The molecule has 0 N–H and O–H groups in total. The van der Waals surface area contributed by atoms with Crippen molar-refractivity contribution in [2.24, 2.45) is 0 Å². The molecule has 0 aliphatic carbocycles. The van der Waals surface area contributed by atoms with E-state index >= 15 is 0 Å². The summed E-state index contributed by atoms with van der Waals surface area (Å²) in [6, 6.07) is 3.04. The molecule has 2 aromatic rings. The van der Waals surface area contributed by atoms with E-state index in [1.165, 1.54) is 6.07 Å². The summed E-state index contributed by atoms with van der Waals surface area (Å²) in [4.78, 5) is 20.3. The SMILES string of the molecule is CN(CCCn1ccnc1)c1ncccc1[N+](=O)[O-]. The second-order valence-electron chi connectivity index (χ2n) is 4.18. The zero-order valence-electron chi connectivity index (χ0n) is 10.6. The molecule has 7 nitrogen and oxygen atoms in total. The molecular weight excluding hydrogens is 246 g/mol. The van der Waals surface area contributed by atoms with Crippen LogP contribution in [0.5, 0.6) is 0 Å². The summed E-state index contributed by atoms with van der Waals surface area (Å²) >= 11 is 0. The molecule has 0 amide bonds. The number of imidazole rings is 1. The van der Waals surface area contributed by atoms with Gasteiger partial charge in [0.15, 0.2) is 0 Å². The third kappa shape index (κ3) is 3.27. The van der Waals surface area contributed by atoms with E-state index < -0.39 is 4.92 Å². The average molecular weight is 261 g/mol. The van der Waals surface area contributed by atoms with E-state index in [0.29, 0.717) is 12.4 Å². The van der Waals surface area contributed by atoms with Gasteiger partial charge in [-0.25, -0.2) is 9.97 Å². The predicted molar refractivity (Wildman–Crippen MR) is 71.0 cm³/mol. The monoisotopic (exact) mass is 261 g/mol. The number of hydrogen-bond donors (Lipinski definition) is 0. The van der Waals surface area contributed by atoms with Crippen molar-refractivity contribution < 1.29 is 4.92 Å². The minimum absolute atomic E-state index is 0.0348. The van der Waals surface area contributed by atoms with Crippen LogP contribution in [0.3, 0.4) is 0 Å². The summed E-state index contributed by atoms with van der Waals surface area (Å²) in [6.07, 6.45) is 7.80. The Morgan fingerprint density at radius 1 is 1.47 bits per heavy atom. The van der Waals surface area contributed by atoms with Crippen molar-refractivity contribution in [3.8, 4) is 0 Å². The molecule has 0 saturated heterocycles. The molecule has 2 aromatic heterocycles. The van der Waals surface area contributed by atoms with Crippen LogP contribution in [0.1, 0.15) is 6.42 Å². The van der Waals surface area contributed by atoms with Crippen molar-refractivity contribution in [2.75, 3.05) is 18.5 Å². The van der Waals surface area contributed by atoms with Gasteiger partial charge in [-0.05, 0) is 12.5 Å². The second kappa shape index (κ2) is 5.94. The van der Waals surface area contributed by atoms with Crippen LogP contribution in [0.2, 0.25) is 0 Å². The summed E-state index contributed by atoms with van der Waals surface area (Å²) in [5.74, 6) is 0.401. The first kappa shape index (κ1) is 13.0. The summed E-state index contributed by atoms with van der Waals surface area (Å²) < 4.78 is 1.97. The minimum Gasteiger partial charge on any atom is -0.354 e. The predicted octanol–water partition coefficient (Wildman–Crippen LogP) is 1.71. The highest BCUT2D eigenvalue weighted by Crippen LogP contribution is 2.23.